The van der Waals surface area contributed by atoms with Gasteiger partial charge in [0.15, 0.2) is 5.11 Å². The van der Waals surface area contributed by atoms with Gasteiger partial charge in [-0.2, -0.15) is 0 Å². The van der Waals surface area contributed by atoms with E-state index in [-0.39, 0.29) is 11.0 Å². The second-order valence-electron chi connectivity index (χ2n) is 6.05. The summed E-state index contributed by atoms with van der Waals surface area (Å²) in [5.74, 6) is -0.0867. The number of primary amides is 1. The van der Waals surface area contributed by atoms with Crippen molar-refractivity contribution in [2.24, 2.45) is 11.7 Å². The number of ether oxygens (including phenoxy) is 1. The molecule has 6 nitrogen and oxygen atoms in total. The highest BCUT2D eigenvalue weighted by molar-refractivity contribution is 7.80. The average Bonchev–Trinajstić information content (AvgIpc) is 2.60. The van der Waals surface area contributed by atoms with Crippen LogP contribution in [0.25, 0.3) is 0 Å². The van der Waals surface area contributed by atoms with Crippen molar-refractivity contribution in [2.45, 2.75) is 13.8 Å². The highest BCUT2D eigenvalue weighted by Gasteiger charge is 2.14. The molecule has 0 aromatic heterocycles. The van der Waals surface area contributed by atoms with Gasteiger partial charge in [0.05, 0.1) is 12.2 Å². The van der Waals surface area contributed by atoms with Crippen LogP contribution in [0.3, 0.4) is 0 Å². The summed E-state index contributed by atoms with van der Waals surface area (Å²) in [4.78, 5) is 23.7. The third-order valence-electron chi connectivity index (χ3n) is 3.34. The number of carbonyl (C=O) groups excluding carboxylic acids is 2. The Morgan fingerprint density at radius 1 is 1.15 bits per heavy atom. The monoisotopic (exact) mass is 371 g/mol. The molecule has 7 heteroatoms. The molecule has 2 aromatic rings. The van der Waals surface area contributed by atoms with E-state index in [2.05, 4.69) is 10.6 Å². The maximum atomic E-state index is 12.5. The van der Waals surface area contributed by atoms with Gasteiger partial charge in [0.25, 0.3) is 5.91 Å². The lowest BCUT2D eigenvalue weighted by atomic mass is 10.2. The molecule has 0 spiro atoms. The summed E-state index contributed by atoms with van der Waals surface area (Å²) >= 11 is 5.17. The fourth-order valence-electron chi connectivity index (χ4n) is 2.12. The largest absolute Gasteiger partial charge is 0.492 e. The van der Waals surface area contributed by atoms with Crippen LogP contribution in [0.2, 0.25) is 0 Å². The van der Waals surface area contributed by atoms with Crippen LogP contribution in [0.5, 0.6) is 5.75 Å². The Bertz CT molecular complexity index is 821. The van der Waals surface area contributed by atoms with Crippen LogP contribution in [0.1, 0.15) is 34.6 Å². The van der Waals surface area contributed by atoms with Gasteiger partial charge in [0.1, 0.15) is 5.75 Å². The molecule has 2 aromatic carbocycles. The molecule has 0 aliphatic rings. The van der Waals surface area contributed by atoms with Crippen molar-refractivity contribution in [1.29, 1.82) is 0 Å². The summed E-state index contributed by atoms with van der Waals surface area (Å²) < 4.78 is 5.69. The first-order chi connectivity index (χ1) is 12.4. The van der Waals surface area contributed by atoms with Crippen molar-refractivity contribution in [2.75, 3.05) is 11.9 Å². The highest BCUT2D eigenvalue weighted by Crippen LogP contribution is 2.19. The molecule has 0 heterocycles. The molecule has 4 N–H and O–H groups in total. The number of nitrogens with two attached hydrogens (primary N) is 1. The summed E-state index contributed by atoms with van der Waals surface area (Å²) in [6.07, 6.45) is 0. The van der Waals surface area contributed by atoms with Gasteiger partial charge in [-0.15, -0.1) is 0 Å². The SMILES string of the molecule is CC(C)COc1ccccc1C(=O)NC(=S)Nc1cccc(C(N)=O)c1. The van der Waals surface area contributed by atoms with Gasteiger partial charge in [-0.3, -0.25) is 14.9 Å². The van der Waals surface area contributed by atoms with Crippen LogP contribution in [0, 0.1) is 5.92 Å². The number of benzene rings is 2. The number of nitrogens with one attached hydrogen (secondary N) is 2. The van der Waals surface area contributed by atoms with E-state index in [0.717, 1.165) is 0 Å². The van der Waals surface area contributed by atoms with Gasteiger partial charge in [0.2, 0.25) is 5.91 Å². The van der Waals surface area contributed by atoms with Crippen molar-refractivity contribution in [3.63, 3.8) is 0 Å². The second kappa shape index (κ2) is 8.96. The quantitative estimate of drug-likeness (QED) is 0.679. The maximum Gasteiger partial charge on any atom is 0.261 e. The molecule has 2 rings (SSSR count). The predicted molar refractivity (Wildman–Crippen MR) is 105 cm³/mol. The van der Waals surface area contributed by atoms with Gasteiger partial charge in [-0.1, -0.05) is 32.0 Å². The molecule has 136 valence electrons. The molecule has 0 radical (unpaired) electrons. The molecule has 0 saturated carbocycles. The topological polar surface area (TPSA) is 93.4 Å². The van der Waals surface area contributed by atoms with Crippen molar-refractivity contribution < 1.29 is 14.3 Å². The average molecular weight is 371 g/mol. The van der Waals surface area contributed by atoms with Crippen LogP contribution in [-0.4, -0.2) is 23.5 Å². The molecule has 0 fully saturated rings. The van der Waals surface area contributed by atoms with Gasteiger partial charge in [-0.05, 0) is 48.5 Å². The predicted octanol–water partition coefficient (Wildman–Crippen LogP) is 2.95. The maximum absolute atomic E-state index is 12.5. The third-order valence-corrected chi connectivity index (χ3v) is 3.54. The van der Waals surface area contributed by atoms with Gasteiger partial charge in [-0.25, -0.2) is 0 Å². The zero-order chi connectivity index (χ0) is 19.1. The van der Waals surface area contributed by atoms with Crippen LogP contribution in [0.15, 0.2) is 48.5 Å². The number of hydrogen-bond acceptors (Lipinski definition) is 4. The Morgan fingerprint density at radius 2 is 1.88 bits per heavy atom. The van der Waals surface area contributed by atoms with Crippen molar-refractivity contribution in [3.8, 4) is 5.75 Å². The van der Waals surface area contributed by atoms with E-state index in [1.54, 1.807) is 48.5 Å². The highest BCUT2D eigenvalue weighted by atomic mass is 32.1. The second-order valence-corrected chi connectivity index (χ2v) is 6.46. The normalized spacial score (nSPS) is 10.3. The minimum absolute atomic E-state index is 0.107. The first kappa shape index (κ1) is 19.4. The Balaban J connectivity index is 2.04. The standard InChI is InChI=1S/C19H21N3O3S/c1-12(2)11-25-16-9-4-3-8-15(16)18(24)22-19(26)21-14-7-5-6-13(10-14)17(20)23/h3-10,12H,11H2,1-2H3,(H2,20,23)(H2,21,22,24,26). The fourth-order valence-corrected chi connectivity index (χ4v) is 2.33. The molecule has 0 atom stereocenters. The number of amides is 2. The van der Waals surface area contributed by atoms with E-state index in [9.17, 15) is 9.59 Å². The molecule has 0 unspecified atom stereocenters. The van der Waals surface area contributed by atoms with Crippen LogP contribution in [0.4, 0.5) is 5.69 Å². The van der Waals surface area contributed by atoms with E-state index < -0.39 is 5.91 Å². The van der Waals surface area contributed by atoms with E-state index in [1.165, 1.54) is 0 Å². The fraction of sp³-hybridized carbons (Fsp3) is 0.211. The van der Waals surface area contributed by atoms with E-state index >= 15 is 0 Å². The first-order valence-corrected chi connectivity index (χ1v) is 8.51. The van der Waals surface area contributed by atoms with Crippen LogP contribution >= 0.6 is 12.2 Å². The van der Waals surface area contributed by atoms with E-state index in [1.807, 2.05) is 13.8 Å². The summed E-state index contributed by atoms with van der Waals surface area (Å²) in [7, 11) is 0. The van der Waals surface area contributed by atoms with Crippen molar-refractivity contribution >= 4 is 34.8 Å². The molecule has 0 aliphatic heterocycles. The van der Waals surface area contributed by atoms with Crippen LogP contribution < -0.4 is 21.1 Å². The first-order valence-electron chi connectivity index (χ1n) is 8.11. The summed E-state index contributed by atoms with van der Waals surface area (Å²) in [6, 6.07) is 13.5. The number of para-hydroxylation sites is 1. The lowest BCUT2D eigenvalue weighted by Gasteiger charge is -2.14. The molecule has 0 saturated heterocycles. The third kappa shape index (κ3) is 5.56. The summed E-state index contributed by atoms with van der Waals surface area (Å²) in [6.45, 7) is 4.57. The number of hydrogen-bond donors (Lipinski definition) is 3. The van der Waals surface area contributed by atoms with Crippen molar-refractivity contribution in [3.05, 3.63) is 59.7 Å². The molecule has 0 bridgehead atoms. The number of anilines is 1. The van der Waals surface area contributed by atoms with Gasteiger partial charge < -0.3 is 15.8 Å². The summed E-state index contributed by atoms with van der Waals surface area (Å²) in [5, 5.41) is 5.57. The summed E-state index contributed by atoms with van der Waals surface area (Å²) in [5.41, 5.74) is 6.54. The minimum atomic E-state index is -0.542. The van der Waals surface area contributed by atoms with Crippen LogP contribution in [-0.2, 0) is 0 Å². The molecule has 2 amide bonds. The smallest absolute Gasteiger partial charge is 0.261 e. The number of carbonyl (C=O) groups is 2. The van der Waals surface area contributed by atoms with E-state index in [0.29, 0.717) is 35.1 Å². The van der Waals surface area contributed by atoms with Gasteiger partial charge >= 0.3 is 0 Å². The number of thiocarbonyl (C=S) groups is 1. The molecule has 26 heavy (non-hydrogen) atoms. The number of rotatable bonds is 6. The lowest BCUT2D eigenvalue weighted by molar-refractivity contribution is 0.0970. The zero-order valence-corrected chi connectivity index (χ0v) is 15.4. The zero-order valence-electron chi connectivity index (χ0n) is 14.6. The van der Waals surface area contributed by atoms with Gasteiger partial charge in [0, 0.05) is 11.3 Å². The molecular formula is C19H21N3O3S. The lowest BCUT2D eigenvalue weighted by Crippen LogP contribution is -2.34. The Kier molecular flexibility index (Phi) is 6.68. The Hall–Kier alpha value is -2.93. The van der Waals surface area contributed by atoms with Crippen molar-refractivity contribution in [1.82, 2.24) is 5.32 Å². The Labute approximate surface area is 157 Å². The molecular weight excluding hydrogens is 350 g/mol. The Morgan fingerprint density at radius 3 is 2.58 bits per heavy atom. The minimum Gasteiger partial charge on any atom is -0.492 e. The van der Waals surface area contributed by atoms with E-state index in [4.69, 9.17) is 22.7 Å². The molecule has 0 aliphatic carbocycles.